The second-order valence-corrected chi connectivity index (χ2v) is 23.7. The molecule has 68 heavy (non-hydrogen) atoms. The van der Waals surface area contributed by atoms with Crippen LogP contribution in [-0.4, -0.2) is 147 Å². The Morgan fingerprint density at radius 1 is 0.265 bits per heavy atom. The van der Waals surface area contributed by atoms with E-state index < -0.39 is 44.6 Å². The van der Waals surface area contributed by atoms with Gasteiger partial charge in [-0.25, -0.2) is 0 Å². The summed E-state index contributed by atoms with van der Waals surface area (Å²) in [5.74, 6) is -0.676. The Kier molecular flexibility index (Phi) is 24.1. The molecule has 4 amide bonds. The van der Waals surface area contributed by atoms with Crippen LogP contribution in [0.5, 0.6) is 0 Å². The predicted molar refractivity (Wildman–Crippen MR) is 272 cm³/mol. The Bertz CT molecular complexity index is 1340. The highest BCUT2D eigenvalue weighted by Gasteiger charge is 2.43. The van der Waals surface area contributed by atoms with Crippen molar-refractivity contribution in [2.45, 2.75) is 230 Å². The van der Waals surface area contributed by atoms with Crippen LogP contribution >= 0.6 is 0 Å². The summed E-state index contributed by atoms with van der Waals surface area (Å²) in [6.07, 6.45) is 16.1. The van der Waals surface area contributed by atoms with Crippen LogP contribution in [0.4, 0.5) is 0 Å². The standard InChI is InChI=1S/C52H100N8O8/c1-45(2)33-53-37-50(10)42(62)58-46(3,4)34-54-38-49(9,41(61)57-45)65-29-25-21-17-13-14-19-23-27-31-67-51(11)39-55-35-48(7,8)60-44(64)52(12,40-56-36-47(5,6)59-43(51)63)68-32-28-24-20-16-15-18-22-26-30-66-50/h53-56H,13-40H2,1-12H3,(H,57,61)(H,58,62)(H,59,63)(H,60,64). The second-order valence-electron chi connectivity index (χ2n) is 23.7. The van der Waals surface area contributed by atoms with Crippen LogP contribution in [0.1, 0.15) is 186 Å². The first kappa shape index (κ1) is 59.9. The summed E-state index contributed by atoms with van der Waals surface area (Å²) in [5.41, 5.74) is -6.87. The van der Waals surface area contributed by atoms with E-state index in [4.69, 9.17) is 18.9 Å². The summed E-state index contributed by atoms with van der Waals surface area (Å²) in [6, 6.07) is 0. The molecule has 16 nitrogen and oxygen atoms in total. The van der Waals surface area contributed by atoms with Gasteiger partial charge in [0.25, 0.3) is 23.6 Å². The topological polar surface area (TPSA) is 201 Å². The van der Waals surface area contributed by atoms with Crippen LogP contribution < -0.4 is 42.5 Å². The molecule has 8 N–H and O–H groups in total. The van der Waals surface area contributed by atoms with Gasteiger partial charge in [-0.3, -0.25) is 19.2 Å². The zero-order chi connectivity index (χ0) is 50.6. The van der Waals surface area contributed by atoms with E-state index >= 15 is 0 Å². The molecule has 0 radical (unpaired) electrons. The smallest absolute Gasteiger partial charge is 0.253 e. The molecule has 0 aromatic rings. The molecule has 4 bridgehead atoms. The number of nitrogens with one attached hydrogen (secondary N) is 8. The molecule has 6 aliphatic heterocycles. The Balaban J connectivity index is 1.71. The lowest BCUT2D eigenvalue weighted by Crippen LogP contribution is -2.65. The van der Waals surface area contributed by atoms with Crippen molar-refractivity contribution in [1.29, 1.82) is 0 Å². The molecule has 0 aliphatic carbocycles. The Morgan fingerprint density at radius 2 is 0.426 bits per heavy atom. The van der Waals surface area contributed by atoms with Gasteiger partial charge in [0.2, 0.25) is 0 Å². The average Bonchev–Trinajstić information content (AvgIpc) is 3.22. The molecule has 0 aromatic heterocycles. The molecule has 396 valence electrons. The van der Waals surface area contributed by atoms with Crippen molar-refractivity contribution >= 4 is 23.6 Å². The Hall–Kier alpha value is -2.44. The van der Waals surface area contributed by atoms with Crippen LogP contribution in [0.2, 0.25) is 0 Å². The average molecular weight is 965 g/mol. The van der Waals surface area contributed by atoms with Gasteiger partial charge in [0.1, 0.15) is 0 Å². The third-order valence-electron chi connectivity index (χ3n) is 13.6. The molecule has 0 aromatic carbocycles. The van der Waals surface area contributed by atoms with E-state index in [1.54, 1.807) is 0 Å². The van der Waals surface area contributed by atoms with Gasteiger partial charge in [-0.2, -0.15) is 0 Å². The third-order valence-corrected chi connectivity index (χ3v) is 13.6. The highest BCUT2D eigenvalue weighted by molar-refractivity contribution is 5.87. The van der Waals surface area contributed by atoms with Gasteiger partial charge in [0, 0.05) is 101 Å². The van der Waals surface area contributed by atoms with E-state index in [1.165, 1.54) is 0 Å². The first-order valence-electron chi connectivity index (χ1n) is 26.4. The van der Waals surface area contributed by atoms with Gasteiger partial charge >= 0.3 is 0 Å². The minimum atomic E-state index is -1.10. The minimum Gasteiger partial charge on any atom is -0.364 e. The molecular weight excluding hydrogens is 865 g/mol. The number of carbonyl (C=O) groups excluding carboxylic acids is 4. The molecule has 6 fully saturated rings. The summed E-state index contributed by atoms with van der Waals surface area (Å²) in [6.45, 7) is 28.0. The predicted octanol–water partition coefficient (Wildman–Crippen LogP) is 5.31. The first-order valence-corrected chi connectivity index (χ1v) is 26.4. The molecule has 6 saturated heterocycles. The van der Waals surface area contributed by atoms with Crippen LogP contribution in [0.3, 0.4) is 0 Å². The van der Waals surface area contributed by atoms with E-state index in [-0.39, 0.29) is 23.6 Å². The molecule has 6 aliphatic rings. The maximum absolute atomic E-state index is 13.9. The zero-order valence-corrected chi connectivity index (χ0v) is 45.1. The number of ether oxygens (including phenoxy) is 4. The first-order chi connectivity index (χ1) is 31.8. The largest absolute Gasteiger partial charge is 0.364 e. The fraction of sp³-hybridized carbons (Fsp3) is 0.923. The lowest BCUT2D eigenvalue weighted by molar-refractivity contribution is -0.149. The van der Waals surface area contributed by atoms with Gasteiger partial charge < -0.3 is 61.5 Å². The number of rotatable bonds is 0. The van der Waals surface area contributed by atoms with E-state index in [1.807, 2.05) is 83.1 Å². The van der Waals surface area contributed by atoms with Crippen molar-refractivity contribution in [3.05, 3.63) is 0 Å². The van der Waals surface area contributed by atoms with E-state index in [0.717, 1.165) is 103 Å². The fourth-order valence-corrected chi connectivity index (χ4v) is 8.90. The lowest BCUT2D eigenvalue weighted by Gasteiger charge is -2.39. The van der Waals surface area contributed by atoms with Gasteiger partial charge in [-0.15, -0.1) is 0 Å². The Labute approximate surface area is 412 Å². The van der Waals surface area contributed by atoms with Gasteiger partial charge in [-0.1, -0.05) is 77.0 Å². The highest BCUT2D eigenvalue weighted by atomic mass is 16.5. The number of amides is 4. The summed E-state index contributed by atoms with van der Waals surface area (Å²) >= 11 is 0. The monoisotopic (exact) mass is 965 g/mol. The van der Waals surface area contributed by atoms with Crippen LogP contribution in [-0.2, 0) is 38.1 Å². The van der Waals surface area contributed by atoms with E-state index in [2.05, 4.69) is 42.5 Å². The van der Waals surface area contributed by atoms with Crippen LogP contribution in [0, 0.1) is 0 Å². The molecule has 4 atom stereocenters. The summed E-state index contributed by atoms with van der Waals surface area (Å²) in [7, 11) is 0. The molecule has 4 unspecified atom stereocenters. The SMILES string of the molecule is CC1(C)CNCC2(C)OCCCCCCCCCCOC3(C)CNCC(C)(C)NC(=O)C(C)(CNCC(C)(C)NC3=O)OCCCCCCCCCCOC(C)(CNCC(C)(C)NC2=O)C(=O)N1. The van der Waals surface area contributed by atoms with Gasteiger partial charge in [-0.05, 0) is 109 Å². The Morgan fingerprint density at radius 3 is 0.603 bits per heavy atom. The van der Waals surface area contributed by atoms with E-state index in [0.29, 0.717) is 78.8 Å². The molecule has 0 spiro atoms. The molecular formula is C52H100N8O8. The summed E-state index contributed by atoms with van der Waals surface area (Å²) < 4.78 is 25.6. The van der Waals surface area contributed by atoms with Crippen molar-refractivity contribution in [2.75, 3.05) is 78.8 Å². The number of carbonyl (C=O) groups is 4. The fourth-order valence-electron chi connectivity index (χ4n) is 8.90. The highest BCUT2D eigenvalue weighted by Crippen LogP contribution is 2.22. The van der Waals surface area contributed by atoms with Crippen LogP contribution in [0.15, 0.2) is 0 Å². The molecule has 6 heterocycles. The van der Waals surface area contributed by atoms with Crippen molar-refractivity contribution in [1.82, 2.24) is 42.5 Å². The van der Waals surface area contributed by atoms with E-state index in [9.17, 15) is 19.2 Å². The minimum absolute atomic E-state index is 0.169. The number of hydrogen-bond acceptors (Lipinski definition) is 12. The third kappa shape index (κ3) is 21.5. The summed E-state index contributed by atoms with van der Waals surface area (Å²) in [4.78, 5) is 55.8. The van der Waals surface area contributed by atoms with Gasteiger partial charge in [0.15, 0.2) is 22.4 Å². The van der Waals surface area contributed by atoms with Crippen molar-refractivity contribution < 1.29 is 38.1 Å². The number of hydrogen-bond donors (Lipinski definition) is 8. The second kappa shape index (κ2) is 27.4. The molecule has 0 saturated carbocycles. The maximum atomic E-state index is 13.9. The van der Waals surface area contributed by atoms with Crippen molar-refractivity contribution in [3.8, 4) is 0 Å². The molecule has 16 heteroatoms. The van der Waals surface area contributed by atoms with Crippen molar-refractivity contribution in [3.63, 3.8) is 0 Å². The zero-order valence-electron chi connectivity index (χ0n) is 45.1. The maximum Gasteiger partial charge on any atom is 0.253 e. The van der Waals surface area contributed by atoms with Gasteiger partial charge in [0.05, 0.1) is 0 Å². The summed E-state index contributed by atoms with van der Waals surface area (Å²) in [5, 5.41) is 26.7. The quantitative estimate of drug-likeness (QED) is 0.156. The van der Waals surface area contributed by atoms with Crippen molar-refractivity contribution in [2.24, 2.45) is 0 Å². The van der Waals surface area contributed by atoms with Crippen LogP contribution in [0.25, 0.3) is 0 Å². The normalized spacial score (nSPS) is 33.4. The molecule has 6 rings (SSSR count). The lowest BCUT2D eigenvalue weighted by atomic mass is 9.96.